The summed E-state index contributed by atoms with van der Waals surface area (Å²) in [4.78, 5) is 20.7. The number of benzene rings is 2. The van der Waals surface area contributed by atoms with E-state index in [0.717, 1.165) is 27.0 Å². The van der Waals surface area contributed by atoms with Crippen LogP contribution in [0.1, 0.15) is 28.8 Å². The van der Waals surface area contributed by atoms with Crippen LogP contribution in [0.5, 0.6) is 0 Å². The summed E-state index contributed by atoms with van der Waals surface area (Å²) < 4.78 is 1.19. The van der Waals surface area contributed by atoms with E-state index in [4.69, 9.17) is 10.7 Å². The van der Waals surface area contributed by atoms with Gasteiger partial charge in [0.1, 0.15) is 5.54 Å². The number of carbonyl (C=O) groups excluding carboxylic acids is 1. The molecule has 0 bridgehead atoms. The first-order chi connectivity index (χ1) is 15.4. The number of likely N-dealkylation sites (N-methyl/N-ethyl adjacent to an activating group) is 1. The van der Waals surface area contributed by atoms with E-state index in [9.17, 15) is 10.1 Å². The molecule has 0 saturated heterocycles. The van der Waals surface area contributed by atoms with Gasteiger partial charge in [0.2, 0.25) is 5.91 Å². The largest absolute Gasteiger partial charge is 0.369 e. The van der Waals surface area contributed by atoms with Gasteiger partial charge in [-0.2, -0.15) is 5.26 Å². The lowest BCUT2D eigenvalue weighted by Crippen LogP contribution is -2.52. The van der Waals surface area contributed by atoms with Gasteiger partial charge in [-0.1, -0.05) is 18.2 Å². The van der Waals surface area contributed by atoms with Crippen molar-refractivity contribution in [1.82, 2.24) is 4.90 Å². The standard InChI is InChI=1S/C25H20N4OS2/c1-25(21-12-19(14-32-21)16-5-3-4-15(10-16)13-26)22(23(30)29(2)24(27)28-25)18-6-7-20-17(11-18)8-9-31-20/h3-12,14,22H,1-2H3,(H2,27,28)/t22-,25-/m1/s1. The van der Waals surface area contributed by atoms with Crippen molar-refractivity contribution in [2.45, 2.75) is 18.4 Å². The molecule has 5 rings (SSSR count). The summed E-state index contributed by atoms with van der Waals surface area (Å²) in [6.45, 7) is 1.98. The van der Waals surface area contributed by atoms with Crippen molar-refractivity contribution < 1.29 is 4.79 Å². The Morgan fingerprint density at radius 3 is 2.78 bits per heavy atom. The van der Waals surface area contributed by atoms with Crippen LogP contribution in [0.2, 0.25) is 0 Å². The molecule has 0 fully saturated rings. The Kier molecular flexibility index (Phi) is 4.85. The number of nitriles is 1. The number of amides is 1. The van der Waals surface area contributed by atoms with E-state index in [0.29, 0.717) is 5.56 Å². The maximum Gasteiger partial charge on any atom is 0.239 e. The van der Waals surface area contributed by atoms with Crippen LogP contribution in [0, 0.1) is 11.3 Å². The van der Waals surface area contributed by atoms with Gasteiger partial charge in [-0.15, -0.1) is 22.7 Å². The third-order valence-electron chi connectivity index (χ3n) is 6.06. The maximum absolute atomic E-state index is 13.5. The topological polar surface area (TPSA) is 82.5 Å². The fourth-order valence-corrected chi connectivity index (χ4v) is 6.10. The molecule has 2 aromatic heterocycles. The SMILES string of the molecule is CN1C(=O)[C@@H](c2ccc3sccc3c2)[C@@](C)(c2cc(-c3cccc(C#N)c3)cs2)N=C1N. The molecule has 2 atom stereocenters. The van der Waals surface area contributed by atoms with Crippen molar-refractivity contribution in [3.05, 3.63) is 81.4 Å². The molecular weight excluding hydrogens is 436 g/mol. The van der Waals surface area contributed by atoms with Gasteiger partial charge in [0.15, 0.2) is 5.96 Å². The van der Waals surface area contributed by atoms with Gasteiger partial charge >= 0.3 is 0 Å². The second-order valence-corrected chi connectivity index (χ2v) is 9.92. The molecular formula is C25H20N4OS2. The lowest BCUT2D eigenvalue weighted by Gasteiger charge is -2.40. The predicted octanol–water partition coefficient (Wildman–Crippen LogP) is 5.29. The summed E-state index contributed by atoms with van der Waals surface area (Å²) in [6, 6.07) is 20.0. The Bertz CT molecular complexity index is 1430. The third-order valence-corrected chi connectivity index (χ3v) is 8.12. The van der Waals surface area contributed by atoms with Crippen LogP contribution in [-0.2, 0) is 10.3 Å². The van der Waals surface area contributed by atoms with Crippen molar-refractivity contribution in [2.24, 2.45) is 10.7 Å². The molecule has 4 aromatic rings. The first kappa shape index (κ1) is 20.4. The number of carbonyl (C=O) groups is 1. The van der Waals surface area contributed by atoms with Crippen molar-refractivity contribution in [3.8, 4) is 17.2 Å². The van der Waals surface area contributed by atoms with Crippen LogP contribution < -0.4 is 5.73 Å². The minimum Gasteiger partial charge on any atom is -0.369 e. The van der Waals surface area contributed by atoms with Gasteiger partial charge in [-0.05, 0) is 76.2 Å². The molecule has 1 amide bonds. The van der Waals surface area contributed by atoms with E-state index >= 15 is 0 Å². The average Bonchev–Trinajstić information content (AvgIpc) is 3.47. The minimum absolute atomic E-state index is 0.0731. The van der Waals surface area contributed by atoms with E-state index < -0.39 is 11.5 Å². The highest BCUT2D eigenvalue weighted by Crippen LogP contribution is 2.47. The van der Waals surface area contributed by atoms with Gasteiger partial charge in [-0.3, -0.25) is 9.69 Å². The molecule has 2 aromatic carbocycles. The summed E-state index contributed by atoms with van der Waals surface area (Å²) in [5.41, 5.74) is 8.83. The lowest BCUT2D eigenvalue weighted by atomic mass is 9.77. The van der Waals surface area contributed by atoms with Crippen LogP contribution in [0.4, 0.5) is 0 Å². The van der Waals surface area contributed by atoms with Crippen LogP contribution in [-0.4, -0.2) is 23.8 Å². The number of aliphatic imine (C=N–C) groups is 1. The first-order valence-electron chi connectivity index (χ1n) is 10.1. The van der Waals surface area contributed by atoms with Gasteiger partial charge in [0, 0.05) is 16.6 Å². The second kappa shape index (κ2) is 7.59. The molecule has 0 unspecified atom stereocenters. The Labute approximate surface area is 194 Å². The minimum atomic E-state index is -0.840. The number of hydrogen-bond acceptors (Lipinski definition) is 6. The summed E-state index contributed by atoms with van der Waals surface area (Å²) in [6.07, 6.45) is 0. The molecule has 7 heteroatoms. The second-order valence-electron chi connectivity index (χ2n) is 8.06. The average molecular weight is 457 g/mol. The molecule has 5 nitrogen and oxygen atoms in total. The smallest absolute Gasteiger partial charge is 0.239 e. The number of nitrogens with zero attached hydrogens (tertiary/aromatic N) is 3. The van der Waals surface area contributed by atoms with Gasteiger partial charge in [-0.25, -0.2) is 4.99 Å². The molecule has 1 aliphatic rings. The van der Waals surface area contributed by atoms with Crippen molar-refractivity contribution in [1.29, 1.82) is 5.26 Å². The zero-order valence-corrected chi connectivity index (χ0v) is 19.2. The van der Waals surface area contributed by atoms with E-state index in [1.807, 2.05) is 36.6 Å². The Morgan fingerprint density at radius 2 is 1.97 bits per heavy atom. The van der Waals surface area contributed by atoms with Gasteiger partial charge < -0.3 is 5.73 Å². The molecule has 3 heterocycles. The molecule has 158 valence electrons. The van der Waals surface area contributed by atoms with E-state index in [1.165, 1.54) is 9.60 Å². The molecule has 1 aliphatic heterocycles. The molecule has 0 saturated carbocycles. The highest BCUT2D eigenvalue weighted by molar-refractivity contribution is 7.17. The van der Waals surface area contributed by atoms with E-state index in [-0.39, 0.29) is 11.9 Å². The lowest BCUT2D eigenvalue weighted by molar-refractivity contribution is -0.130. The number of nitrogens with two attached hydrogens (primary N) is 1. The highest BCUT2D eigenvalue weighted by atomic mass is 32.1. The van der Waals surface area contributed by atoms with Gasteiger partial charge in [0.05, 0.1) is 17.6 Å². The van der Waals surface area contributed by atoms with Crippen LogP contribution in [0.15, 0.2) is 70.3 Å². The maximum atomic E-state index is 13.5. The number of fused-ring (bicyclic) bond motifs is 1. The Morgan fingerprint density at radius 1 is 1.12 bits per heavy atom. The fourth-order valence-electron chi connectivity index (χ4n) is 4.27. The number of thiophene rings is 2. The molecule has 32 heavy (non-hydrogen) atoms. The van der Waals surface area contributed by atoms with Gasteiger partial charge in [0.25, 0.3) is 0 Å². The summed E-state index contributed by atoms with van der Waals surface area (Å²) in [7, 11) is 1.67. The highest BCUT2D eigenvalue weighted by Gasteiger charge is 2.48. The monoisotopic (exact) mass is 456 g/mol. The van der Waals surface area contributed by atoms with E-state index in [1.54, 1.807) is 35.8 Å². The molecule has 0 spiro atoms. The first-order valence-corrected chi connectivity index (χ1v) is 11.9. The van der Waals surface area contributed by atoms with Crippen LogP contribution >= 0.6 is 22.7 Å². The summed E-state index contributed by atoms with van der Waals surface area (Å²) in [5, 5.41) is 14.5. The van der Waals surface area contributed by atoms with E-state index in [2.05, 4.69) is 35.7 Å². The third kappa shape index (κ3) is 3.20. The molecule has 0 aliphatic carbocycles. The number of guanidine groups is 1. The van der Waals surface area contributed by atoms with Crippen molar-refractivity contribution in [2.75, 3.05) is 7.05 Å². The Balaban J connectivity index is 1.64. The normalized spacial score (nSPS) is 20.9. The summed E-state index contributed by atoms with van der Waals surface area (Å²) in [5.74, 6) is -0.358. The summed E-state index contributed by atoms with van der Waals surface area (Å²) >= 11 is 3.24. The zero-order valence-electron chi connectivity index (χ0n) is 17.6. The number of hydrogen-bond donors (Lipinski definition) is 1. The Hall–Kier alpha value is -3.47. The number of rotatable bonds is 3. The van der Waals surface area contributed by atoms with Crippen LogP contribution in [0.3, 0.4) is 0 Å². The van der Waals surface area contributed by atoms with Crippen LogP contribution in [0.25, 0.3) is 21.2 Å². The zero-order chi connectivity index (χ0) is 22.5. The van der Waals surface area contributed by atoms with Crippen molar-refractivity contribution in [3.63, 3.8) is 0 Å². The van der Waals surface area contributed by atoms with Crippen molar-refractivity contribution >= 4 is 44.6 Å². The molecule has 0 radical (unpaired) electrons. The quantitative estimate of drug-likeness (QED) is 0.455. The molecule has 2 N–H and O–H groups in total. The fraction of sp³-hybridized carbons (Fsp3) is 0.160. The predicted molar refractivity (Wildman–Crippen MR) is 131 cm³/mol.